The van der Waals surface area contributed by atoms with E-state index in [2.05, 4.69) is 27.9 Å². The third-order valence-corrected chi connectivity index (χ3v) is 5.22. The van der Waals surface area contributed by atoms with Crippen LogP contribution >= 0.6 is 0 Å². The van der Waals surface area contributed by atoms with E-state index in [9.17, 15) is 4.79 Å². The summed E-state index contributed by atoms with van der Waals surface area (Å²) >= 11 is 0. The Kier molecular flexibility index (Phi) is 4.41. The monoisotopic (exact) mass is 392 g/mol. The summed E-state index contributed by atoms with van der Waals surface area (Å²) in [4.78, 5) is 12.6. The molecule has 1 amide bonds. The fraction of sp³-hybridized carbons (Fsp3) is 0.0400. The van der Waals surface area contributed by atoms with Crippen LogP contribution in [0, 0.1) is 0 Å². The van der Waals surface area contributed by atoms with Crippen molar-refractivity contribution in [3.63, 3.8) is 0 Å². The molecule has 1 aromatic heterocycles. The fourth-order valence-corrected chi connectivity index (χ4v) is 3.65. The van der Waals surface area contributed by atoms with Crippen molar-refractivity contribution in [2.75, 3.05) is 10.6 Å². The van der Waals surface area contributed by atoms with Gasteiger partial charge in [0.15, 0.2) is 0 Å². The van der Waals surface area contributed by atoms with Crippen LogP contribution in [0.25, 0.3) is 28.0 Å². The summed E-state index contributed by atoms with van der Waals surface area (Å²) in [5.74, 6) is 0.691. The van der Waals surface area contributed by atoms with E-state index in [1.807, 2.05) is 79.8 Å². The molecule has 0 unspecified atom stereocenters. The normalized spacial score (nSPS) is 13.9. The molecule has 146 valence electrons. The molecule has 4 aromatic rings. The van der Waals surface area contributed by atoms with Crippen LogP contribution in [0.1, 0.15) is 5.56 Å². The molecule has 2 N–H and O–H groups in total. The summed E-state index contributed by atoms with van der Waals surface area (Å²) in [5.41, 5.74) is 6.43. The average molecular weight is 392 g/mol. The highest BCUT2D eigenvalue weighted by Gasteiger charge is 2.24. The van der Waals surface area contributed by atoms with Crippen LogP contribution in [0.5, 0.6) is 0 Å². The molecule has 3 aromatic carbocycles. The summed E-state index contributed by atoms with van der Waals surface area (Å²) in [6.07, 6.45) is 1.75. The number of anilines is 2. The molecule has 5 nitrogen and oxygen atoms in total. The van der Waals surface area contributed by atoms with Gasteiger partial charge in [-0.05, 0) is 17.2 Å². The average Bonchev–Trinajstić information content (AvgIpc) is 3.31. The number of benzene rings is 3. The van der Waals surface area contributed by atoms with Crippen LogP contribution in [-0.2, 0) is 11.8 Å². The first-order valence-corrected chi connectivity index (χ1v) is 9.76. The summed E-state index contributed by atoms with van der Waals surface area (Å²) in [5, 5.41) is 10.8. The number of nitrogens with one attached hydrogen (secondary N) is 2. The Morgan fingerprint density at radius 1 is 0.867 bits per heavy atom. The van der Waals surface area contributed by atoms with Crippen LogP contribution in [0.2, 0.25) is 0 Å². The van der Waals surface area contributed by atoms with Crippen molar-refractivity contribution in [3.05, 3.63) is 96.7 Å². The Morgan fingerprint density at radius 3 is 2.30 bits per heavy atom. The summed E-state index contributed by atoms with van der Waals surface area (Å²) in [6.45, 7) is 0. The lowest BCUT2D eigenvalue weighted by atomic mass is 10.0. The largest absolute Gasteiger partial charge is 0.346 e. The number of hydrogen-bond acceptors (Lipinski definition) is 3. The lowest BCUT2D eigenvalue weighted by Crippen LogP contribution is -2.06. The SMILES string of the molecule is Cn1nc(-c2ccccc2)cc1NC=C1C(=O)Nc2cc(-c3ccccc3)ccc21. The highest BCUT2D eigenvalue weighted by Crippen LogP contribution is 2.35. The van der Waals surface area contributed by atoms with Gasteiger partial charge < -0.3 is 10.6 Å². The molecule has 0 aliphatic carbocycles. The number of aromatic nitrogens is 2. The van der Waals surface area contributed by atoms with E-state index < -0.39 is 0 Å². The van der Waals surface area contributed by atoms with Crippen molar-refractivity contribution >= 4 is 23.0 Å². The first-order valence-electron chi connectivity index (χ1n) is 9.76. The molecule has 0 spiro atoms. The predicted octanol–water partition coefficient (Wildman–Crippen LogP) is 5.16. The van der Waals surface area contributed by atoms with Gasteiger partial charge >= 0.3 is 0 Å². The minimum atomic E-state index is -0.117. The molecule has 0 radical (unpaired) electrons. The van der Waals surface area contributed by atoms with Gasteiger partial charge in [-0.3, -0.25) is 9.48 Å². The van der Waals surface area contributed by atoms with E-state index in [-0.39, 0.29) is 5.91 Å². The Labute approximate surface area is 174 Å². The Morgan fingerprint density at radius 2 is 1.57 bits per heavy atom. The highest BCUT2D eigenvalue weighted by atomic mass is 16.2. The zero-order valence-corrected chi connectivity index (χ0v) is 16.5. The van der Waals surface area contributed by atoms with Crippen molar-refractivity contribution in [1.82, 2.24) is 9.78 Å². The zero-order valence-electron chi connectivity index (χ0n) is 16.5. The second-order valence-electron chi connectivity index (χ2n) is 7.19. The number of carbonyl (C=O) groups excluding carboxylic acids is 1. The van der Waals surface area contributed by atoms with Crippen LogP contribution in [0.3, 0.4) is 0 Å². The van der Waals surface area contributed by atoms with E-state index in [4.69, 9.17) is 0 Å². The van der Waals surface area contributed by atoms with Crippen molar-refractivity contribution in [2.45, 2.75) is 0 Å². The number of fused-ring (bicyclic) bond motifs is 1. The first-order chi connectivity index (χ1) is 14.7. The summed E-state index contributed by atoms with van der Waals surface area (Å²) in [6, 6.07) is 28.1. The van der Waals surface area contributed by atoms with Gasteiger partial charge in [0.05, 0.1) is 11.3 Å². The third-order valence-electron chi connectivity index (χ3n) is 5.22. The summed E-state index contributed by atoms with van der Waals surface area (Å²) in [7, 11) is 1.88. The molecule has 0 bridgehead atoms. The quantitative estimate of drug-likeness (QED) is 0.472. The molecular weight excluding hydrogens is 372 g/mol. The molecule has 0 saturated heterocycles. The van der Waals surface area contributed by atoms with Gasteiger partial charge in [0, 0.05) is 36.1 Å². The van der Waals surface area contributed by atoms with Gasteiger partial charge in [-0.2, -0.15) is 5.10 Å². The second-order valence-corrected chi connectivity index (χ2v) is 7.19. The Hall–Kier alpha value is -4.12. The van der Waals surface area contributed by atoms with Gasteiger partial charge in [-0.15, -0.1) is 0 Å². The first kappa shape index (κ1) is 17.9. The fourth-order valence-electron chi connectivity index (χ4n) is 3.65. The number of amides is 1. The third kappa shape index (κ3) is 3.26. The maximum atomic E-state index is 12.6. The molecule has 30 heavy (non-hydrogen) atoms. The van der Waals surface area contributed by atoms with Crippen LogP contribution in [0.4, 0.5) is 11.5 Å². The zero-order chi connectivity index (χ0) is 20.5. The molecule has 5 heteroatoms. The smallest absolute Gasteiger partial charge is 0.257 e. The molecule has 1 aliphatic heterocycles. The number of nitrogens with zero attached hydrogens (tertiary/aromatic N) is 2. The van der Waals surface area contributed by atoms with E-state index in [1.54, 1.807) is 10.9 Å². The maximum Gasteiger partial charge on any atom is 0.257 e. The van der Waals surface area contributed by atoms with E-state index in [0.29, 0.717) is 5.57 Å². The minimum Gasteiger partial charge on any atom is -0.346 e. The number of hydrogen-bond donors (Lipinski definition) is 2. The van der Waals surface area contributed by atoms with Crippen molar-refractivity contribution in [1.29, 1.82) is 0 Å². The second kappa shape index (κ2) is 7.37. The van der Waals surface area contributed by atoms with E-state index in [1.165, 1.54) is 0 Å². The van der Waals surface area contributed by atoms with Crippen LogP contribution < -0.4 is 10.6 Å². The lowest BCUT2D eigenvalue weighted by molar-refractivity contribution is -0.110. The van der Waals surface area contributed by atoms with E-state index in [0.717, 1.165) is 39.5 Å². The molecular formula is C25H20N4O. The van der Waals surface area contributed by atoms with Gasteiger partial charge in [-0.25, -0.2) is 0 Å². The molecule has 2 heterocycles. The van der Waals surface area contributed by atoms with Gasteiger partial charge in [0.1, 0.15) is 5.82 Å². The number of rotatable bonds is 4. The Balaban J connectivity index is 1.42. The molecule has 1 aliphatic rings. The minimum absolute atomic E-state index is 0.117. The highest BCUT2D eigenvalue weighted by molar-refractivity contribution is 6.31. The van der Waals surface area contributed by atoms with E-state index >= 15 is 0 Å². The number of aryl methyl sites for hydroxylation is 1. The predicted molar refractivity (Wildman–Crippen MR) is 121 cm³/mol. The molecule has 0 fully saturated rings. The van der Waals surface area contributed by atoms with Crippen LogP contribution in [0.15, 0.2) is 91.1 Å². The maximum absolute atomic E-state index is 12.6. The van der Waals surface area contributed by atoms with Crippen molar-refractivity contribution in [2.24, 2.45) is 7.05 Å². The Bertz CT molecular complexity index is 1260. The van der Waals surface area contributed by atoms with Gasteiger partial charge in [-0.1, -0.05) is 72.8 Å². The topological polar surface area (TPSA) is 59.0 Å². The van der Waals surface area contributed by atoms with Crippen molar-refractivity contribution < 1.29 is 4.79 Å². The van der Waals surface area contributed by atoms with Gasteiger partial charge in [0.25, 0.3) is 5.91 Å². The summed E-state index contributed by atoms with van der Waals surface area (Å²) < 4.78 is 1.77. The molecule has 0 atom stereocenters. The standard InChI is InChI=1S/C25H20N4O/c1-29-24(15-22(28-29)18-10-6-3-7-11-18)26-16-21-20-13-12-19(14-23(20)27-25(21)30)17-8-4-2-5-9-17/h2-16,26H,1H3,(H,27,30). The van der Waals surface area contributed by atoms with Gasteiger partial charge in [0.2, 0.25) is 0 Å². The molecule has 5 rings (SSSR count). The van der Waals surface area contributed by atoms with Crippen molar-refractivity contribution in [3.8, 4) is 22.4 Å². The number of carbonyl (C=O) groups is 1. The molecule has 0 saturated carbocycles. The van der Waals surface area contributed by atoms with Crippen LogP contribution in [-0.4, -0.2) is 15.7 Å². The lowest BCUT2D eigenvalue weighted by Gasteiger charge is -2.05.